The lowest BCUT2D eigenvalue weighted by Crippen LogP contribution is -2.13. The smallest absolute Gasteiger partial charge is 0.238 e. The molecule has 3 aromatic rings. The Kier molecular flexibility index (Phi) is 6.22. The molecule has 4 rings (SSSR count). The first kappa shape index (κ1) is 21.7. The Morgan fingerprint density at radius 1 is 1.16 bits per heavy atom. The molecule has 8 nitrogen and oxygen atoms in total. The lowest BCUT2D eigenvalue weighted by atomic mass is 10.0. The van der Waals surface area contributed by atoms with Crippen LogP contribution in [0.4, 0.5) is 11.6 Å². The number of hydrogen-bond donors (Lipinski definition) is 2. The number of nitrogens with two attached hydrogens (primary N) is 1. The highest BCUT2D eigenvalue weighted by Crippen LogP contribution is 2.37. The van der Waals surface area contributed by atoms with E-state index in [0.717, 1.165) is 30.7 Å². The van der Waals surface area contributed by atoms with Crippen molar-refractivity contribution < 1.29 is 13.2 Å². The van der Waals surface area contributed by atoms with Crippen molar-refractivity contribution in [3.05, 3.63) is 53.2 Å². The summed E-state index contributed by atoms with van der Waals surface area (Å²) in [6.45, 7) is 4.30. The fraction of sp³-hybridized carbons (Fsp3) is 0.381. The molecule has 0 saturated heterocycles. The van der Waals surface area contributed by atoms with Gasteiger partial charge in [-0.15, -0.1) is 0 Å². The summed E-state index contributed by atoms with van der Waals surface area (Å²) in [6, 6.07) is 6.13. The zero-order chi connectivity index (χ0) is 22.0. The number of aromatic nitrogens is 3. The predicted octanol–water partition coefficient (Wildman–Crippen LogP) is 4.16. The van der Waals surface area contributed by atoms with Crippen LogP contribution in [0.2, 0.25) is 0 Å². The van der Waals surface area contributed by atoms with Crippen LogP contribution in [0, 0.1) is 0 Å². The van der Waals surface area contributed by atoms with Gasteiger partial charge in [0.15, 0.2) is 0 Å². The molecule has 0 radical (unpaired) electrons. The van der Waals surface area contributed by atoms with Crippen molar-refractivity contribution in [2.24, 2.45) is 5.14 Å². The number of benzene rings is 1. The minimum absolute atomic E-state index is 0.0606. The van der Waals surface area contributed by atoms with Gasteiger partial charge in [0.05, 0.1) is 4.90 Å². The minimum Gasteiger partial charge on any atom is -0.474 e. The largest absolute Gasteiger partial charge is 0.474 e. The van der Waals surface area contributed by atoms with Gasteiger partial charge < -0.3 is 10.1 Å². The number of anilines is 2. The number of nitrogens with zero attached hydrogens (tertiary/aromatic N) is 3. The summed E-state index contributed by atoms with van der Waals surface area (Å²) in [6.07, 6.45) is 6.75. The van der Waals surface area contributed by atoms with Crippen molar-refractivity contribution in [1.29, 1.82) is 0 Å². The molecule has 1 aliphatic carbocycles. The van der Waals surface area contributed by atoms with E-state index in [2.05, 4.69) is 38.9 Å². The summed E-state index contributed by atoms with van der Waals surface area (Å²) >= 11 is 1.44. The van der Waals surface area contributed by atoms with Crippen LogP contribution in [0.3, 0.4) is 0 Å². The monoisotopic (exact) mass is 459 g/mol. The maximum Gasteiger partial charge on any atom is 0.238 e. The molecule has 3 N–H and O–H groups in total. The van der Waals surface area contributed by atoms with Gasteiger partial charge in [0.1, 0.15) is 6.10 Å². The summed E-state index contributed by atoms with van der Waals surface area (Å²) in [4.78, 5) is 8.88. The molecule has 1 fully saturated rings. The molecule has 2 heterocycles. The van der Waals surface area contributed by atoms with Crippen LogP contribution >= 0.6 is 11.5 Å². The van der Waals surface area contributed by atoms with Crippen molar-refractivity contribution in [2.45, 2.75) is 55.9 Å². The van der Waals surface area contributed by atoms with Gasteiger partial charge in [-0.25, -0.2) is 23.5 Å². The topological polar surface area (TPSA) is 120 Å². The van der Waals surface area contributed by atoms with Gasteiger partial charge in [0.25, 0.3) is 0 Å². The number of sulfonamides is 1. The van der Waals surface area contributed by atoms with Crippen molar-refractivity contribution in [2.75, 3.05) is 5.32 Å². The number of hydrogen-bond acceptors (Lipinski definition) is 8. The van der Waals surface area contributed by atoms with Crippen LogP contribution in [0.25, 0.3) is 0 Å². The second-order valence-corrected chi connectivity index (χ2v) is 10.2. The van der Waals surface area contributed by atoms with E-state index in [-0.39, 0.29) is 11.0 Å². The van der Waals surface area contributed by atoms with Crippen LogP contribution in [0.1, 0.15) is 56.1 Å². The molecule has 2 atom stereocenters. The van der Waals surface area contributed by atoms with E-state index in [0.29, 0.717) is 23.5 Å². The minimum atomic E-state index is -3.71. The van der Waals surface area contributed by atoms with E-state index in [9.17, 15) is 8.42 Å². The third kappa shape index (κ3) is 5.20. The Labute approximate surface area is 186 Å². The van der Waals surface area contributed by atoms with Crippen LogP contribution in [-0.2, 0) is 10.0 Å². The van der Waals surface area contributed by atoms with Gasteiger partial charge in [-0.2, -0.15) is 4.37 Å². The molecule has 0 unspecified atom stereocenters. The lowest BCUT2D eigenvalue weighted by Gasteiger charge is -2.15. The van der Waals surface area contributed by atoms with E-state index in [1.165, 1.54) is 29.2 Å². The van der Waals surface area contributed by atoms with E-state index >= 15 is 0 Å². The molecule has 0 bridgehead atoms. The quantitative estimate of drug-likeness (QED) is 0.544. The predicted molar refractivity (Wildman–Crippen MR) is 120 cm³/mol. The second kappa shape index (κ2) is 8.89. The molecule has 10 heteroatoms. The molecular formula is C21H25N5O3S2. The average Bonchev–Trinajstić information content (AvgIpc) is 3.38. The van der Waals surface area contributed by atoms with Gasteiger partial charge in [-0.3, -0.25) is 0 Å². The van der Waals surface area contributed by atoms with Crippen molar-refractivity contribution in [3.63, 3.8) is 0 Å². The van der Waals surface area contributed by atoms with E-state index in [4.69, 9.17) is 9.88 Å². The third-order valence-electron chi connectivity index (χ3n) is 5.43. The first-order chi connectivity index (χ1) is 14.8. The van der Waals surface area contributed by atoms with Crippen LogP contribution in [-0.4, -0.2) is 28.9 Å². The zero-order valence-electron chi connectivity index (χ0n) is 17.4. The molecule has 1 saturated carbocycles. The Hall–Kier alpha value is -2.56. The van der Waals surface area contributed by atoms with Crippen LogP contribution < -0.4 is 15.2 Å². The molecule has 0 amide bonds. The first-order valence-corrected chi connectivity index (χ1v) is 12.5. The maximum absolute atomic E-state index is 11.3. The summed E-state index contributed by atoms with van der Waals surface area (Å²) in [7, 11) is -3.71. The van der Waals surface area contributed by atoms with E-state index < -0.39 is 10.0 Å². The third-order valence-corrected chi connectivity index (χ3v) is 6.99. The van der Waals surface area contributed by atoms with Gasteiger partial charge in [0.2, 0.25) is 21.9 Å². The van der Waals surface area contributed by atoms with E-state index in [1.54, 1.807) is 12.1 Å². The molecule has 164 valence electrons. The normalized spacial score (nSPS) is 19.0. The highest BCUT2D eigenvalue weighted by molar-refractivity contribution is 7.89. The van der Waals surface area contributed by atoms with E-state index in [1.807, 2.05) is 12.4 Å². The van der Waals surface area contributed by atoms with Crippen molar-refractivity contribution in [3.8, 4) is 5.88 Å². The summed E-state index contributed by atoms with van der Waals surface area (Å²) in [5.74, 6) is 1.97. The second-order valence-electron chi connectivity index (χ2n) is 8.01. The molecule has 2 aromatic heterocycles. The number of rotatable bonds is 7. The molecular weight excluding hydrogens is 434 g/mol. The molecule has 0 aliphatic heterocycles. The molecule has 31 heavy (non-hydrogen) atoms. The highest BCUT2D eigenvalue weighted by Gasteiger charge is 2.29. The van der Waals surface area contributed by atoms with Crippen LogP contribution in [0.5, 0.6) is 5.88 Å². The Balaban J connectivity index is 1.36. The van der Waals surface area contributed by atoms with Crippen molar-refractivity contribution >= 4 is 33.2 Å². The van der Waals surface area contributed by atoms with Gasteiger partial charge in [-0.1, -0.05) is 13.8 Å². The number of nitrogens with one attached hydrogen (secondary N) is 1. The van der Waals surface area contributed by atoms with Crippen LogP contribution in [0.15, 0.2) is 46.9 Å². The lowest BCUT2D eigenvalue weighted by molar-refractivity contribution is 0.199. The molecule has 1 aromatic carbocycles. The zero-order valence-corrected chi connectivity index (χ0v) is 19.0. The Morgan fingerprint density at radius 3 is 2.52 bits per heavy atom. The summed E-state index contributed by atoms with van der Waals surface area (Å²) in [5.41, 5.74) is 2.94. The SMILES string of the molecule is CC(C)c1csnc1O[C@H]1CC[C@@H](c2cnc(Nc3ccc(S(N)(=O)=O)cc3)nc2)C1. The fourth-order valence-corrected chi connectivity index (χ4v) is 4.98. The summed E-state index contributed by atoms with van der Waals surface area (Å²) < 4.78 is 33.3. The first-order valence-electron chi connectivity index (χ1n) is 10.1. The fourth-order valence-electron chi connectivity index (χ4n) is 3.68. The average molecular weight is 460 g/mol. The summed E-state index contributed by atoms with van der Waals surface area (Å²) in [5, 5.41) is 10.2. The standard InChI is InChI=1S/C21H25N5O3S2/c1-13(2)19-12-30-26-20(19)29-17-6-3-14(9-17)15-10-23-21(24-11-15)25-16-4-7-18(8-5-16)31(22,27)28/h4-5,7-8,10-14,17H,3,6,9H2,1-2H3,(H2,22,27,28)(H,23,24,25)/t14-,17+/m1/s1. The maximum atomic E-state index is 11.3. The van der Waals surface area contributed by atoms with Gasteiger partial charge in [-0.05, 0) is 72.5 Å². The van der Waals surface area contributed by atoms with Gasteiger partial charge >= 0.3 is 0 Å². The Morgan fingerprint density at radius 2 is 1.87 bits per heavy atom. The van der Waals surface area contributed by atoms with Crippen molar-refractivity contribution in [1.82, 2.24) is 14.3 Å². The Bertz CT molecular complexity index is 1130. The number of primary sulfonamides is 1. The molecule has 1 aliphatic rings. The highest BCUT2D eigenvalue weighted by atomic mass is 32.2. The van der Waals surface area contributed by atoms with Gasteiger partial charge in [0, 0.05) is 29.0 Å². The molecule has 0 spiro atoms. The number of ether oxygens (including phenoxy) is 1.